The minimum Gasteiger partial charge on any atom is -0.508 e. The Bertz CT molecular complexity index is 2060. The van der Waals surface area contributed by atoms with E-state index in [1.165, 1.54) is 64.2 Å². The Morgan fingerprint density at radius 2 is 1.60 bits per heavy atom. The number of amides is 1. The number of fused-ring (bicyclic) bond motifs is 5. The molecule has 4 aliphatic heterocycles. The number of pyridine rings is 1. The molecule has 2 bridgehead atoms. The van der Waals surface area contributed by atoms with Gasteiger partial charge in [0.1, 0.15) is 35.6 Å². The number of hydrogen-bond donors (Lipinski definition) is 1. The van der Waals surface area contributed by atoms with Crippen LogP contribution in [0.15, 0.2) is 18.3 Å². The Labute approximate surface area is 371 Å². The van der Waals surface area contributed by atoms with E-state index in [-0.39, 0.29) is 53.5 Å². The predicted octanol–water partition coefficient (Wildman–Crippen LogP) is 10.3. The molecule has 5 aliphatic rings. The first-order chi connectivity index (χ1) is 30.6. The van der Waals surface area contributed by atoms with Gasteiger partial charge in [-0.2, -0.15) is 9.97 Å². The third kappa shape index (κ3) is 10.3. The quantitative estimate of drug-likeness (QED) is 0.0624. The minimum absolute atomic E-state index is 0.00129. The molecule has 63 heavy (non-hydrogen) atoms. The SMILES string of the molecule is CCCCCCCCCCCCCCCC(=O)OCOC(=O)N1C2CCC1CN(c1nc(OC[C@@]34CCCN3C[C@H](F)C4)nc3c(F)c(-c4cc(O)cc5c4C(C)CC5)ncc13)C2. The summed E-state index contributed by atoms with van der Waals surface area (Å²) in [7, 11) is 0. The van der Waals surface area contributed by atoms with Gasteiger partial charge in [-0.1, -0.05) is 90.9 Å². The molecule has 0 spiro atoms. The number of anilines is 1. The molecule has 5 atom stereocenters. The van der Waals surface area contributed by atoms with Crippen molar-refractivity contribution in [3.8, 4) is 23.0 Å². The summed E-state index contributed by atoms with van der Waals surface area (Å²) in [6, 6.07) is 2.90. The smallest absolute Gasteiger partial charge is 0.413 e. The summed E-state index contributed by atoms with van der Waals surface area (Å²) in [4.78, 5) is 46.0. The van der Waals surface area contributed by atoms with E-state index in [0.29, 0.717) is 49.2 Å². The van der Waals surface area contributed by atoms with Crippen LogP contribution in [0.4, 0.5) is 19.4 Å². The summed E-state index contributed by atoms with van der Waals surface area (Å²) < 4.78 is 48.9. The monoisotopic (exact) mass is 875 g/mol. The lowest BCUT2D eigenvalue weighted by Gasteiger charge is -2.41. The van der Waals surface area contributed by atoms with E-state index in [0.717, 1.165) is 75.5 Å². The van der Waals surface area contributed by atoms with Gasteiger partial charge in [-0.25, -0.2) is 13.6 Å². The van der Waals surface area contributed by atoms with E-state index in [2.05, 4.69) is 28.7 Å². The maximum atomic E-state index is 17.1. The molecular weight excluding hydrogens is 807 g/mol. The number of benzene rings is 1. The Hall–Kier alpha value is -4.33. The maximum absolute atomic E-state index is 17.1. The molecule has 6 heterocycles. The average molecular weight is 875 g/mol. The van der Waals surface area contributed by atoms with Crippen molar-refractivity contribution in [1.82, 2.24) is 24.8 Å². The fourth-order valence-corrected chi connectivity index (χ4v) is 11.3. The molecule has 0 saturated carbocycles. The summed E-state index contributed by atoms with van der Waals surface area (Å²) in [6.45, 7) is 6.10. The van der Waals surface area contributed by atoms with Crippen molar-refractivity contribution in [3.05, 3.63) is 35.3 Å². The van der Waals surface area contributed by atoms with Crippen LogP contribution in [0.25, 0.3) is 22.2 Å². The topological polar surface area (TPSA) is 130 Å². The summed E-state index contributed by atoms with van der Waals surface area (Å²) >= 11 is 0. The van der Waals surface area contributed by atoms with Gasteiger partial charge in [0.05, 0.1) is 23.0 Å². The number of aromatic nitrogens is 3. The minimum atomic E-state index is -0.932. The van der Waals surface area contributed by atoms with Crippen LogP contribution in [-0.4, -0.2) is 105 Å². The lowest BCUT2D eigenvalue weighted by atomic mass is 9.94. The standard InChI is InChI=1S/C49H68F2N6O6/c1-3-4-5-6-7-8-9-10-11-12-13-14-15-17-41(59)62-32-63-48(60)57-36-20-21-37(57)30-55(29-36)46-40-27-52-44(39-25-38(58)24-34-19-18-33(2)42(34)39)43(51)45(40)53-47(54-46)61-31-49-22-16-23-56(49)28-35(50)26-49/h24-25,27,33,35-37,58H,3-23,26,28-32H2,1-2H3/t33?,35-,36?,37?,49+/m1/s1. The van der Waals surface area contributed by atoms with Crippen LogP contribution in [0.3, 0.4) is 0 Å². The summed E-state index contributed by atoms with van der Waals surface area (Å²) in [6.07, 6.45) is 21.7. The van der Waals surface area contributed by atoms with Gasteiger partial charge < -0.3 is 24.2 Å². The Kier molecular flexibility index (Phi) is 14.8. The van der Waals surface area contributed by atoms with E-state index in [1.807, 2.05) is 4.90 Å². The van der Waals surface area contributed by atoms with E-state index in [1.54, 1.807) is 23.2 Å². The average Bonchev–Trinajstić information content (AvgIpc) is 4.00. The molecule has 2 aromatic heterocycles. The number of phenols is 1. The molecule has 1 amide bonds. The Morgan fingerprint density at radius 1 is 0.905 bits per heavy atom. The fraction of sp³-hybridized carbons (Fsp3) is 0.694. The van der Waals surface area contributed by atoms with Crippen molar-refractivity contribution in [2.75, 3.05) is 44.5 Å². The number of phenolic OH excluding ortho intramolecular Hbond substituents is 1. The van der Waals surface area contributed by atoms with Gasteiger partial charge in [0, 0.05) is 44.2 Å². The van der Waals surface area contributed by atoms with Gasteiger partial charge >= 0.3 is 18.1 Å². The van der Waals surface area contributed by atoms with Gasteiger partial charge in [0.25, 0.3) is 0 Å². The number of carbonyl (C=O) groups is 2. The maximum Gasteiger partial charge on any atom is 0.413 e. The van der Waals surface area contributed by atoms with Crippen LogP contribution in [-0.2, 0) is 20.7 Å². The second kappa shape index (κ2) is 20.7. The zero-order valence-electron chi connectivity index (χ0n) is 37.6. The van der Waals surface area contributed by atoms with Crippen LogP contribution < -0.4 is 9.64 Å². The summed E-state index contributed by atoms with van der Waals surface area (Å²) in [5.41, 5.74) is 2.22. The van der Waals surface area contributed by atoms with Gasteiger partial charge in [-0.05, 0) is 80.7 Å². The van der Waals surface area contributed by atoms with Gasteiger partial charge in [-0.3, -0.25) is 19.6 Å². The number of aryl methyl sites for hydroxylation is 1. The number of hydrogen-bond acceptors (Lipinski definition) is 11. The normalized spacial score (nSPS) is 24.0. The van der Waals surface area contributed by atoms with Gasteiger partial charge in [-0.15, -0.1) is 0 Å². The lowest BCUT2D eigenvalue weighted by molar-refractivity contribution is -0.152. The number of carbonyl (C=O) groups excluding carboxylic acids is 2. The molecule has 8 rings (SSSR count). The molecule has 1 N–H and O–H groups in total. The molecule has 1 aromatic carbocycles. The van der Waals surface area contributed by atoms with E-state index >= 15 is 4.39 Å². The van der Waals surface area contributed by atoms with Crippen molar-refractivity contribution in [3.63, 3.8) is 0 Å². The van der Waals surface area contributed by atoms with E-state index in [4.69, 9.17) is 19.2 Å². The summed E-state index contributed by atoms with van der Waals surface area (Å²) in [5.74, 6) is -0.315. The third-order valence-corrected chi connectivity index (χ3v) is 14.6. The second-order valence-corrected chi connectivity index (χ2v) is 19.1. The number of piperazine rings is 1. The van der Waals surface area contributed by atoms with Gasteiger partial charge in [0.15, 0.2) is 5.82 Å². The van der Waals surface area contributed by atoms with Crippen LogP contribution in [0.5, 0.6) is 11.8 Å². The molecular formula is C49H68F2N6O6. The Balaban J connectivity index is 0.889. The molecule has 3 aromatic rings. The molecule has 4 fully saturated rings. The lowest BCUT2D eigenvalue weighted by Crippen LogP contribution is -2.56. The number of alkyl halides is 1. The highest BCUT2D eigenvalue weighted by Gasteiger charge is 2.50. The fourth-order valence-electron chi connectivity index (χ4n) is 11.3. The molecule has 14 heteroatoms. The molecule has 3 unspecified atom stereocenters. The highest BCUT2D eigenvalue weighted by Crippen LogP contribution is 2.45. The first-order valence-electron chi connectivity index (χ1n) is 24.2. The number of nitrogens with zero attached hydrogens (tertiary/aromatic N) is 6. The number of esters is 1. The highest BCUT2D eigenvalue weighted by atomic mass is 19.1. The number of unbranched alkanes of at least 4 members (excludes halogenated alkanes) is 12. The predicted molar refractivity (Wildman–Crippen MR) is 238 cm³/mol. The first kappa shape index (κ1) is 45.2. The van der Waals surface area contributed by atoms with Crippen LogP contribution in [0.1, 0.15) is 159 Å². The van der Waals surface area contributed by atoms with Crippen molar-refractivity contribution >= 4 is 28.8 Å². The van der Waals surface area contributed by atoms with Crippen molar-refractivity contribution < 1.29 is 37.7 Å². The van der Waals surface area contributed by atoms with Crippen LogP contribution in [0.2, 0.25) is 0 Å². The molecule has 4 saturated heterocycles. The number of ether oxygens (including phenoxy) is 3. The van der Waals surface area contributed by atoms with Gasteiger partial charge in [0.2, 0.25) is 6.79 Å². The molecule has 0 radical (unpaired) electrons. The van der Waals surface area contributed by atoms with Crippen LogP contribution in [0, 0.1) is 5.82 Å². The molecule has 344 valence electrons. The molecule has 12 nitrogen and oxygen atoms in total. The van der Waals surface area contributed by atoms with Crippen molar-refractivity contribution in [2.45, 2.75) is 178 Å². The van der Waals surface area contributed by atoms with E-state index in [9.17, 15) is 19.1 Å². The van der Waals surface area contributed by atoms with Crippen molar-refractivity contribution in [2.24, 2.45) is 0 Å². The summed E-state index contributed by atoms with van der Waals surface area (Å²) in [5, 5.41) is 11.1. The first-order valence-corrected chi connectivity index (χ1v) is 24.2. The third-order valence-electron chi connectivity index (χ3n) is 14.6. The Morgan fingerprint density at radius 3 is 2.32 bits per heavy atom. The zero-order valence-corrected chi connectivity index (χ0v) is 37.6. The van der Waals surface area contributed by atoms with Crippen molar-refractivity contribution in [1.29, 1.82) is 0 Å². The van der Waals surface area contributed by atoms with Crippen LogP contribution >= 0.6 is 0 Å². The zero-order chi connectivity index (χ0) is 43.9. The number of halogens is 2. The van der Waals surface area contributed by atoms with E-state index < -0.39 is 30.4 Å². The second-order valence-electron chi connectivity index (χ2n) is 19.1. The number of aromatic hydroxyl groups is 1. The number of rotatable bonds is 21. The largest absolute Gasteiger partial charge is 0.508 e. The molecule has 1 aliphatic carbocycles. The highest BCUT2D eigenvalue weighted by molar-refractivity contribution is 5.92.